The Bertz CT molecular complexity index is 95.0. The second-order valence-electron chi connectivity index (χ2n) is 1.74. The maximum atomic E-state index is 10.6. The van der Waals surface area contributed by atoms with E-state index in [1.165, 1.54) is 4.31 Å². The molecule has 0 aliphatic carbocycles. The molecule has 0 fully saturated rings. The molecule has 4 heteroatoms. The summed E-state index contributed by atoms with van der Waals surface area (Å²) in [4.78, 5) is 10.6. The molecule has 54 valence electrons. The molecule has 0 saturated carbocycles. The standard InChI is InChI=1S/C5H11NO2S/c1-6(9)5(8)3-2-4-7/h7,9H,2-4H2,1H3. The Morgan fingerprint density at radius 1 is 1.78 bits per heavy atom. The van der Waals surface area contributed by atoms with E-state index in [0.717, 1.165) is 0 Å². The highest BCUT2D eigenvalue weighted by atomic mass is 32.1. The fourth-order valence-corrected chi connectivity index (χ4v) is 0.492. The zero-order valence-electron chi connectivity index (χ0n) is 5.37. The molecule has 0 spiro atoms. The van der Waals surface area contributed by atoms with E-state index >= 15 is 0 Å². The van der Waals surface area contributed by atoms with Gasteiger partial charge in [-0.3, -0.25) is 9.10 Å². The van der Waals surface area contributed by atoms with Crippen LogP contribution < -0.4 is 0 Å². The highest BCUT2D eigenvalue weighted by Gasteiger charge is 2.01. The number of carbonyl (C=O) groups excluding carboxylic acids is 1. The summed E-state index contributed by atoms with van der Waals surface area (Å²) < 4.78 is 1.22. The summed E-state index contributed by atoms with van der Waals surface area (Å²) >= 11 is 3.77. The molecule has 0 aromatic carbocycles. The smallest absolute Gasteiger partial charge is 0.232 e. The van der Waals surface area contributed by atoms with Crippen LogP contribution in [0.5, 0.6) is 0 Å². The first-order chi connectivity index (χ1) is 4.18. The van der Waals surface area contributed by atoms with Gasteiger partial charge < -0.3 is 5.11 Å². The van der Waals surface area contributed by atoms with Crippen molar-refractivity contribution in [2.45, 2.75) is 12.8 Å². The predicted octanol–water partition coefficient (Wildman–Crippen LogP) is 0.0621. The molecule has 0 radical (unpaired) electrons. The topological polar surface area (TPSA) is 40.5 Å². The van der Waals surface area contributed by atoms with Crippen LogP contribution in [-0.2, 0) is 4.79 Å². The minimum Gasteiger partial charge on any atom is -0.396 e. The van der Waals surface area contributed by atoms with Crippen LogP contribution in [0.2, 0.25) is 0 Å². The summed E-state index contributed by atoms with van der Waals surface area (Å²) in [5.41, 5.74) is 0. The number of carbonyl (C=O) groups is 1. The molecule has 9 heavy (non-hydrogen) atoms. The van der Waals surface area contributed by atoms with Crippen molar-refractivity contribution in [1.29, 1.82) is 0 Å². The van der Waals surface area contributed by atoms with Crippen LogP contribution in [0.4, 0.5) is 0 Å². The molecule has 0 aliphatic rings. The molecule has 1 amide bonds. The third-order valence-electron chi connectivity index (χ3n) is 0.910. The van der Waals surface area contributed by atoms with Gasteiger partial charge in [-0.25, -0.2) is 0 Å². The number of amides is 1. The van der Waals surface area contributed by atoms with Gasteiger partial charge in [-0.1, -0.05) is 12.8 Å². The third kappa shape index (κ3) is 4.29. The molecule has 0 atom stereocenters. The summed E-state index contributed by atoms with van der Waals surface area (Å²) in [6.07, 6.45) is 0.889. The predicted molar refractivity (Wildman–Crippen MR) is 38.1 cm³/mol. The minimum absolute atomic E-state index is 0.0626. The first-order valence-electron chi connectivity index (χ1n) is 2.74. The number of rotatable bonds is 3. The van der Waals surface area contributed by atoms with Crippen LogP contribution in [0.1, 0.15) is 12.8 Å². The van der Waals surface area contributed by atoms with Crippen LogP contribution in [0.25, 0.3) is 0 Å². The average Bonchev–Trinajstić information content (AvgIpc) is 1.82. The second-order valence-corrected chi connectivity index (χ2v) is 2.34. The number of nitrogens with zero attached hydrogens (tertiary/aromatic N) is 1. The van der Waals surface area contributed by atoms with E-state index in [9.17, 15) is 4.79 Å². The molecule has 0 saturated heterocycles. The van der Waals surface area contributed by atoms with E-state index in [2.05, 4.69) is 12.8 Å². The fourth-order valence-electron chi connectivity index (χ4n) is 0.392. The van der Waals surface area contributed by atoms with E-state index in [1.807, 2.05) is 0 Å². The monoisotopic (exact) mass is 149 g/mol. The van der Waals surface area contributed by atoms with Crippen LogP contribution in [0, 0.1) is 0 Å². The lowest BCUT2D eigenvalue weighted by atomic mass is 10.3. The lowest BCUT2D eigenvalue weighted by Gasteiger charge is -2.06. The van der Waals surface area contributed by atoms with Crippen LogP contribution in [0.3, 0.4) is 0 Å². The van der Waals surface area contributed by atoms with E-state index < -0.39 is 0 Å². The van der Waals surface area contributed by atoms with E-state index in [0.29, 0.717) is 12.8 Å². The van der Waals surface area contributed by atoms with Crippen LogP contribution in [-0.4, -0.2) is 29.0 Å². The first-order valence-corrected chi connectivity index (χ1v) is 3.14. The summed E-state index contributed by atoms with van der Waals surface area (Å²) in [6.45, 7) is 0.0629. The van der Waals surface area contributed by atoms with Crippen LogP contribution in [0.15, 0.2) is 0 Å². The van der Waals surface area contributed by atoms with Crippen molar-refractivity contribution >= 4 is 18.7 Å². The molecule has 0 aliphatic heterocycles. The maximum Gasteiger partial charge on any atom is 0.232 e. The van der Waals surface area contributed by atoms with Gasteiger partial charge >= 0.3 is 0 Å². The van der Waals surface area contributed by atoms with Gasteiger partial charge in [0.1, 0.15) is 0 Å². The van der Waals surface area contributed by atoms with Crippen molar-refractivity contribution in [3.8, 4) is 0 Å². The van der Waals surface area contributed by atoms with E-state index in [1.54, 1.807) is 7.05 Å². The van der Waals surface area contributed by atoms with Crippen LogP contribution >= 0.6 is 12.8 Å². The van der Waals surface area contributed by atoms with Gasteiger partial charge in [-0.2, -0.15) is 0 Å². The van der Waals surface area contributed by atoms with Crippen molar-refractivity contribution in [1.82, 2.24) is 4.31 Å². The second kappa shape index (κ2) is 4.64. The zero-order valence-corrected chi connectivity index (χ0v) is 6.27. The van der Waals surface area contributed by atoms with Gasteiger partial charge in [0.05, 0.1) is 0 Å². The normalized spacial score (nSPS) is 9.22. The Hall–Kier alpha value is -0.220. The number of aliphatic hydroxyl groups is 1. The highest BCUT2D eigenvalue weighted by Crippen LogP contribution is 1.95. The average molecular weight is 149 g/mol. The molecule has 0 aromatic rings. The quantitative estimate of drug-likeness (QED) is 0.557. The van der Waals surface area contributed by atoms with Crippen molar-refractivity contribution in [3.05, 3.63) is 0 Å². The molecule has 0 heterocycles. The Kier molecular flexibility index (Phi) is 4.53. The number of thiol groups is 1. The summed E-state index contributed by atoms with van der Waals surface area (Å²) in [5.74, 6) is -0.0626. The molecule has 0 aromatic heterocycles. The molecular weight excluding hydrogens is 138 g/mol. The first kappa shape index (κ1) is 8.78. The van der Waals surface area contributed by atoms with Crippen molar-refractivity contribution < 1.29 is 9.90 Å². The highest BCUT2D eigenvalue weighted by molar-refractivity contribution is 7.78. The van der Waals surface area contributed by atoms with Gasteiger partial charge in [0.15, 0.2) is 0 Å². The molecule has 1 N–H and O–H groups in total. The Morgan fingerprint density at radius 3 is 2.67 bits per heavy atom. The zero-order chi connectivity index (χ0) is 7.28. The summed E-state index contributed by atoms with van der Waals surface area (Å²) in [6, 6.07) is 0. The van der Waals surface area contributed by atoms with Gasteiger partial charge in [-0.05, 0) is 6.42 Å². The third-order valence-corrected chi connectivity index (χ3v) is 1.13. The van der Waals surface area contributed by atoms with Gasteiger partial charge in [0, 0.05) is 20.1 Å². The Balaban J connectivity index is 3.28. The SMILES string of the molecule is CN(S)C(=O)CCCO. The van der Waals surface area contributed by atoms with Gasteiger partial charge in [-0.15, -0.1) is 0 Å². The van der Waals surface area contributed by atoms with Crippen molar-refractivity contribution in [2.24, 2.45) is 0 Å². The maximum absolute atomic E-state index is 10.6. The molecule has 0 rings (SSSR count). The van der Waals surface area contributed by atoms with E-state index in [-0.39, 0.29) is 12.5 Å². The van der Waals surface area contributed by atoms with Crippen molar-refractivity contribution in [3.63, 3.8) is 0 Å². The fraction of sp³-hybridized carbons (Fsp3) is 0.800. The summed E-state index contributed by atoms with van der Waals surface area (Å²) in [5, 5.41) is 8.30. The van der Waals surface area contributed by atoms with Crippen molar-refractivity contribution in [2.75, 3.05) is 13.7 Å². The Labute approximate surface area is 60.2 Å². The molecule has 3 nitrogen and oxygen atoms in total. The minimum atomic E-state index is -0.0626. The number of aliphatic hydroxyl groups excluding tert-OH is 1. The molecular formula is C5H11NO2S. The lowest BCUT2D eigenvalue weighted by molar-refractivity contribution is -0.125. The molecule has 0 unspecified atom stereocenters. The largest absolute Gasteiger partial charge is 0.396 e. The molecule has 0 bridgehead atoms. The van der Waals surface area contributed by atoms with Gasteiger partial charge in [0.2, 0.25) is 5.91 Å². The van der Waals surface area contributed by atoms with Gasteiger partial charge in [0.25, 0.3) is 0 Å². The number of hydrogen-bond acceptors (Lipinski definition) is 3. The van der Waals surface area contributed by atoms with E-state index in [4.69, 9.17) is 5.11 Å². The Morgan fingerprint density at radius 2 is 2.33 bits per heavy atom. The summed E-state index contributed by atoms with van der Waals surface area (Å²) in [7, 11) is 1.57. The number of hydrogen-bond donors (Lipinski definition) is 2. The lowest BCUT2D eigenvalue weighted by Crippen LogP contribution is -2.16.